The van der Waals surface area contributed by atoms with Gasteiger partial charge in [0.05, 0.1) is 56.3 Å². The van der Waals surface area contributed by atoms with E-state index in [0.29, 0.717) is 50.0 Å². The van der Waals surface area contributed by atoms with E-state index in [9.17, 15) is 114 Å². The van der Waals surface area contributed by atoms with E-state index >= 15 is 0 Å². The van der Waals surface area contributed by atoms with Crippen LogP contribution in [0.1, 0.15) is 484 Å². The predicted octanol–water partition coefficient (Wildman–Crippen LogP) is 33.5. The molecule has 0 aromatic carbocycles. The van der Waals surface area contributed by atoms with Crippen molar-refractivity contribution in [1.29, 1.82) is 0 Å². The third-order valence-corrected chi connectivity index (χ3v) is 30.7. The average molecular weight is 2190 g/mol. The molecule has 6 rings (SSSR count). The molecule has 6 aliphatic rings. The molecule has 0 radical (unpaired) electrons. The highest BCUT2D eigenvalue weighted by atomic mass is 19.4. The van der Waals surface area contributed by atoms with Crippen LogP contribution in [-0.2, 0) is 90.6 Å². The second-order valence-electron chi connectivity index (χ2n) is 49.3. The summed E-state index contributed by atoms with van der Waals surface area (Å²) in [6.45, 7) is 79.6. The molecule has 6 fully saturated rings. The van der Waals surface area contributed by atoms with Gasteiger partial charge in [0, 0.05) is 17.5 Å². The number of ether oxygens (including phenoxy) is 9. The molecule has 0 saturated heterocycles. The van der Waals surface area contributed by atoms with Crippen LogP contribution >= 0.6 is 0 Å². The number of carbonyl (C=O) groups is 10. The zero-order chi connectivity index (χ0) is 119. The van der Waals surface area contributed by atoms with E-state index in [0.717, 1.165) is 141 Å². The van der Waals surface area contributed by atoms with Crippen LogP contribution in [0.2, 0.25) is 0 Å². The zero-order valence-corrected chi connectivity index (χ0v) is 101. The van der Waals surface area contributed by atoms with E-state index in [1.54, 1.807) is 76.2 Å². The van der Waals surface area contributed by atoms with Gasteiger partial charge in [0.15, 0.2) is 30.5 Å². The fraction of sp³-hybridized carbons (Fsp3) is 0.913. The van der Waals surface area contributed by atoms with Crippen molar-refractivity contribution in [2.45, 2.75) is 575 Å². The summed E-state index contributed by atoms with van der Waals surface area (Å²) in [4.78, 5) is 118. The van der Waals surface area contributed by atoms with Crippen molar-refractivity contribution in [3.63, 3.8) is 0 Å². The molecule has 0 aromatic rings. The summed E-state index contributed by atoms with van der Waals surface area (Å²) in [7, 11) is 0. The van der Waals surface area contributed by atoms with E-state index in [2.05, 4.69) is 114 Å². The lowest BCUT2D eigenvalue weighted by Gasteiger charge is -2.56. The van der Waals surface area contributed by atoms with Gasteiger partial charge in [-0.1, -0.05) is 164 Å². The van der Waals surface area contributed by atoms with Gasteiger partial charge in [-0.25, -0.2) is 0 Å². The van der Waals surface area contributed by atoms with Gasteiger partial charge in [0.1, 0.15) is 17.3 Å². The molecule has 0 N–H and O–H groups in total. The Kier molecular flexibility index (Phi) is 66.6. The van der Waals surface area contributed by atoms with Gasteiger partial charge in [-0.15, -0.1) is 0 Å². The third-order valence-electron chi connectivity index (χ3n) is 30.7. The monoisotopic (exact) mass is 2190 g/mol. The molecule has 1 amide bonds. The highest BCUT2D eigenvalue weighted by Crippen LogP contribution is 2.58. The standard InChI is InChI=1S/C16H26O2.2C16H30O2.C12H25NO.C12H24O2.3C9H15F3O2.2C8H13F3O2/c1-4-15(2,3)14(17)18-16-8-11-5-12(9-16)7-13(6-11)10-16;1-7-16(5,6)14(17)18-13-10-8-12(9-11-13)15(2,3)4;1-7-15(3,4)14(17)18-16(5,6)13-10-8-12(2)9-11-13;1-8-12(6,7)11(14)13(9(2)3)10(4)5;1-5-7-8-9-10-14-11(13)12(3,4)6-2;3*1-5-8(3,4)7(13)14-6(2)9(10,11)12;2*1-4-5(2)7(12)13-6(3)8(9,10)11/h11-13H,4-10H2,1-3H3;2*12-13H,7-11H2,1-6H3;9-10H,8H2,1-7H3;5-10H2,1-4H3;3*6H,5H2,1-4H3;2*5-6H,4H2,1-3H3. The quantitative estimate of drug-likeness (QED) is 0.0244. The Bertz CT molecular complexity index is 3700. The first-order chi connectivity index (χ1) is 67.5. The molecule has 20 nitrogen and oxygen atoms in total. The van der Waals surface area contributed by atoms with E-state index in [1.807, 2.05) is 94.9 Å². The predicted molar refractivity (Wildman–Crippen MR) is 561 cm³/mol. The fourth-order valence-corrected chi connectivity index (χ4v) is 14.9. The van der Waals surface area contributed by atoms with Crippen molar-refractivity contribution in [3.8, 4) is 0 Å². The molecule has 0 spiro atoms. The van der Waals surface area contributed by atoms with E-state index < -0.39 is 119 Å². The molecule has 0 aliphatic heterocycles. The number of esters is 9. The Hall–Kier alpha value is -6.35. The molecule has 890 valence electrons. The highest BCUT2D eigenvalue weighted by Gasteiger charge is 2.55. The molecule has 6 aliphatic carbocycles. The summed E-state index contributed by atoms with van der Waals surface area (Å²) in [5.74, 6) is -0.187. The number of rotatable bonds is 36. The Labute approximate surface area is 894 Å². The van der Waals surface area contributed by atoms with E-state index in [4.69, 9.17) is 18.9 Å². The van der Waals surface area contributed by atoms with Gasteiger partial charge in [-0.05, 0) is 362 Å². The normalized spacial score (nSPS) is 20.6. The summed E-state index contributed by atoms with van der Waals surface area (Å²) in [5, 5.41) is 0. The van der Waals surface area contributed by atoms with Gasteiger partial charge >= 0.3 is 84.6 Å². The second kappa shape index (κ2) is 65.7. The molecular weight excluding hydrogens is 1980 g/mol. The van der Waals surface area contributed by atoms with E-state index in [-0.39, 0.29) is 86.2 Å². The summed E-state index contributed by atoms with van der Waals surface area (Å²) in [6.07, 6.45) is -4.30. The molecule has 0 aromatic heterocycles. The lowest BCUT2D eigenvalue weighted by Crippen LogP contribution is -2.53. The number of alkyl halides is 15. The summed E-state index contributed by atoms with van der Waals surface area (Å²) in [5.41, 5.74) is -4.14. The number of amides is 1. The van der Waals surface area contributed by atoms with Crippen LogP contribution in [0.4, 0.5) is 65.9 Å². The maximum absolute atomic E-state index is 12.4. The largest absolute Gasteiger partial charge is 0.465 e. The SMILES string of the molecule is CCC(C)(C)C(=O)N(C(C)C)C(C)C.CCC(C)(C)C(=O)OC(C)(C)C1CCC(C)CC1.CCC(C)(C)C(=O)OC(C)C(F)(F)F.CCC(C)(C)C(=O)OC(C)C(F)(F)F.CCC(C)(C)C(=O)OC(C)C(F)(F)F.CCC(C)(C)C(=O)OC12CC3CC(CC(C3)C1)C2.CCC(C)(C)C(=O)OC1CCC(C(C)(C)C)CC1.CCC(C)C(=O)OC(C)C(F)(F)F.CCC(C)C(=O)OC(C)C(F)(F)F.CCCCCCOC(=O)C(C)(C)CC. The number of hydrogen-bond donors (Lipinski definition) is 0. The van der Waals surface area contributed by atoms with Crippen molar-refractivity contribution in [2.75, 3.05) is 6.61 Å². The summed E-state index contributed by atoms with van der Waals surface area (Å²) >= 11 is 0. The molecular formula is C115H206F15NO19. The Morgan fingerprint density at radius 3 is 0.847 bits per heavy atom. The molecule has 7 atom stereocenters. The Morgan fingerprint density at radius 1 is 0.313 bits per heavy atom. The van der Waals surface area contributed by atoms with Gasteiger partial charge < -0.3 is 47.5 Å². The third kappa shape index (κ3) is 58.1. The van der Waals surface area contributed by atoms with Crippen LogP contribution in [0.15, 0.2) is 0 Å². The molecule has 6 saturated carbocycles. The average Bonchev–Trinajstić information content (AvgIpc) is 0.743. The molecule has 35 heteroatoms. The maximum Gasteiger partial charge on any atom is 0.425 e. The number of hydrogen-bond acceptors (Lipinski definition) is 19. The smallest absolute Gasteiger partial charge is 0.425 e. The fourth-order valence-electron chi connectivity index (χ4n) is 14.9. The minimum absolute atomic E-state index is 0.0239. The zero-order valence-electron chi connectivity index (χ0n) is 101. The maximum atomic E-state index is 12.4. The first kappa shape index (κ1) is 152. The van der Waals surface area contributed by atoms with Crippen LogP contribution in [0.5, 0.6) is 0 Å². The van der Waals surface area contributed by atoms with Crippen molar-refractivity contribution >= 4 is 59.6 Å². The van der Waals surface area contributed by atoms with Crippen LogP contribution in [-0.4, -0.2) is 162 Å². The molecule has 0 heterocycles. The molecule has 7 unspecified atom stereocenters. The van der Waals surface area contributed by atoms with Gasteiger partial charge in [0.2, 0.25) is 5.91 Å². The highest BCUT2D eigenvalue weighted by molar-refractivity contribution is 5.83. The summed E-state index contributed by atoms with van der Waals surface area (Å²) < 4.78 is 224. The summed E-state index contributed by atoms with van der Waals surface area (Å²) in [6, 6.07) is 0.571. The second-order valence-corrected chi connectivity index (χ2v) is 49.3. The number of halogens is 15. The van der Waals surface area contributed by atoms with Crippen LogP contribution in [0.25, 0.3) is 0 Å². The first-order valence-electron chi connectivity index (χ1n) is 55.0. The topological polar surface area (TPSA) is 257 Å². The molecule has 4 bridgehead atoms. The van der Waals surface area contributed by atoms with Crippen molar-refractivity contribution < 1.29 is 156 Å². The van der Waals surface area contributed by atoms with Gasteiger partial charge in [0.25, 0.3) is 0 Å². The van der Waals surface area contributed by atoms with Crippen molar-refractivity contribution in [2.24, 2.45) is 96.1 Å². The Balaban J connectivity index is -0.000000521. The number of nitrogens with zero attached hydrogens (tertiary/aromatic N) is 1. The minimum atomic E-state index is -4.49. The first-order valence-corrected chi connectivity index (χ1v) is 55.0. The molecule has 150 heavy (non-hydrogen) atoms. The van der Waals surface area contributed by atoms with Gasteiger partial charge in [-0.2, -0.15) is 65.9 Å². The lowest BCUT2D eigenvalue weighted by atomic mass is 9.54. The van der Waals surface area contributed by atoms with E-state index in [1.165, 1.54) is 84.5 Å². The van der Waals surface area contributed by atoms with Crippen LogP contribution < -0.4 is 0 Å². The van der Waals surface area contributed by atoms with Crippen LogP contribution in [0, 0.1) is 96.1 Å². The lowest BCUT2D eigenvalue weighted by molar-refractivity contribution is -0.221. The number of carbonyl (C=O) groups excluding carboxylic acids is 10. The van der Waals surface area contributed by atoms with Crippen LogP contribution in [0.3, 0.4) is 0 Å². The minimum Gasteiger partial charge on any atom is -0.465 e. The van der Waals surface area contributed by atoms with Crippen molar-refractivity contribution in [1.82, 2.24) is 4.90 Å². The van der Waals surface area contributed by atoms with Gasteiger partial charge in [-0.3, -0.25) is 47.9 Å². The Morgan fingerprint density at radius 2 is 0.580 bits per heavy atom. The number of unbranched alkanes of at least 4 members (excludes halogenated alkanes) is 3. The van der Waals surface area contributed by atoms with Crippen molar-refractivity contribution in [3.05, 3.63) is 0 Å².